The normalized spacial score (nSPS) is 11.2. The number of nitrogens with one attached hydrogen (secondary N) is 1. The van der Waals surface area contributed by atoms with E-state index in [0.717, 1.165) is 29.4 Å². The number of aryl methyl sites for hydroxylation is 1. The fraction of sp³-hybridized carbons (Fsp3) is 0.150. The zero-order valence-corrected chi connectivity index (χ0v) is 15.7. The summed E-state index contributed by atoms with van der Waals surface area (Å²) in [4.78, 5) is 17.2. The number of carbonyl (C=O) groups excluding carboxylic acids is 1. The minimum Gasteiger partial charge on any atom is -0.267 e. The van der Waals surface area contributed by atoms with Gasteiger partial charge in [-0.3, -0.25) is 9.78 Å². The Bertz CT molecular complexity index is 986. The molecule has 4 nitrogen and oxygen atoms in total. The van der Waals surface area contributed by atoms with Gasteiger partial charge in [0.2, 0.25) is 0 Å². The maximum atomic E-state index is 12.6. The Labute approximate surface area is 161 Å². The predicted molar refractivity (Wildman–Crippen MR) is 107 cm³/mol. The predicted octanol–water partition coefficient (Wildman–Crippen LogP) is 5.26. The van der Waals surface area contributed by atoms with Crippen LogP contribution >= 0.6 is 23.2 Å². The molecule has 0 fully saturated rings. The number of para-hydroxylation sites is 1. The summed E-state index contributed by atoms with van der Waals surface area (Å²) in [7, 11) is 0. The summed E-state index contributed by atoms with van der Waals surface area (Å²) in [6.07, 6.45) is 3.27. The molecule has 3 rings (SSSR count). The maximum Gasteiger partial charge on any atom is 0.272 e. The van der Waals surface area contributed by atoms with Crippen molar-refractivity contribution in [2.75, 3.05) is 0 Å². The van der Waals surface area contributed by atoms with Crippen LogP contribution in [-0.2, 0) is 6.42 Å². The van der Waals surface area contributed by atoms with Crippen LogP contribution in [0.5, 0.6) is 0 Å². The van der Waals surface area contributed by atoms with E-state index in [-0.39, 0.29) is 5.91 Å². The van der Waals surface area contributed by atoms with E-state index in [0.29, 0.717) is 21.2 Å². The Morgan fingerprint density at radius 2 is 2.00 bits per heavy atom. The quantitative estimate of drug-likeness (QED) is 0.481. The summed E-state index contributed by atoms with van der Waals surface area (Å²) >= 11 is 12.0. The monoisotopic (exact) mass is 385 g/mol. The summed E-state index contributed by atoms with van der Waals surface area (Å²) in [5.41, 5.74) is 5.47. The van der Waals surface area contributed by atoms with E-state index < -0.39 is 0 Å². The Hall–Kier alpha value is -2.43. The number of rotatable bonds is 5. The average Bonchev–Trinajstić information content (AvgIpc) is 2.63. The van der Waals surface area contributed by atoms with Crippen LogP contribution in [0.2, 0.25) is 10.0 Å². The molecule has 1 amide bonds. The molecule has 1 N–H and O–H groups in total. The van der Waals surface area contributed by atoms with Gasteiger partial charge < -0.3 is 0 Å². The first-order chi connectivity index (χ1) is 12.6. The molecule has 0 aliphatic rings. The molecule has 0 radical (unpaired) electrons. The highest BCUT2D eigenvalue weighted by Crippen LogP contribution is 2.20. The van der Waals surface area contributed by atoms with Crippen LogP contribution in [0.25, 0.3) is 10.9 Å². The summed E-state index contributed by atoms with van der Waals surface area (Å²) in [6.45, 7) is 2.08. The molecule has 0 saturated heterocycles. The number of fused-ring (bicyclic) bond motifs is 1. The summed E-state index contributed by atoms with van der Waals surface area (Å²) < 4.78 is 0. The molecule has 6 heteroatoms. The molecule has 26 heavy (non-hydrogen) atoms. The summed E-state index contributed by atoms with van der Waals surface area (Å²) in [6, 6.07) is 14.5. The van der Waals surface area contributed by atoms with Gasteiger partial charge in [0.15, 0.2) is 0 Å². The number of hydrogen-bond donors (Lipinski definition) is 1. The van der Waals surface area contributed by atoms with Gasteiger partial charge in [0.25, 0.3) is 5.91 Å². The highest BCUT2D eigenvalue weighted by molar-refractivity contribution is 6.36. The molecule has 3 aromatic rings. The topological polar surface area (TPSA) is 54.4 Å². The van der Waals surface area contributed by atoms with Crippen LogP contribution in [0.1, 0.15) is 35.0 Å². The van der Waals surface area contributed by atoms with Crippen LogP contribution in [0.4, 0.5) is 0 Å². The fourth-order valence-corrected chi connectivity index (χ4v) is 3.09. The lowest BCUT2D eigenvalue weighted by Gasteiger charge is -2.08. The summed E-state index contributed by atoms with van der Waals surface area (Å²) in [5, 5.41) is 5.83. The van der Waals surface area contributed by atoms with Crippen molar-refractivity contribution in [3.63, 3.8) is 0 Å². The first kappa shape index (κ1) is 18.4. The second kappa shape index (κ2) is 8.30. The number of hydrazone groups is 1. The van der Waals surface area contributed by atoms with E-state index in [9.17, 15) is 4.79 Å². The molecule has 1 aromatic heterocycles. The highest BCUT2D eigenvalue weighted by Gasteiger charge is 2.12. The lowest BCUT2D eigenvalue weighted by molar-refractivity contribution is 0.0956. The molecule has 2 aromatic carbocycles. The number of nitrogens with zero attached hydrogens (tertiary/aromatic N) is 2. The molecular weight excluding hydrogens is 369 g/mol. The molecule has 0 spiro atoms. The zero-order chi connectivity index (χ0) is 18.5. The van der Waals surface area contributed by atoms with Crippen LogP contribution in [-0.4, -0.2) is 17.1 Å². The van der Waals surface area contributed by atoms with E-state index in [1.54, 1.807) is 18.2 Å². The van der Waals surface area contributed by atoms with Gasteiger partial charge in [-0.15, -0.1) is 0 Å². The molecule has 0 aliphatic heterocycles. The van der Waals surface area contributed by atoms with Gasteiger partial charge in [0.05, 0.1) is 22.3 Å². The molecule has 0 bridgehead atoms. The van der Waals surface area contributed by atoms with Gasteiger partial charge in [-0.2, -0.15) is 5.10 Å². The van der Waals surface area contributed by atoms with Crippen molar-refractivity contribution in [2.45, 2.75) is 19.8 Å². The number of aromatic nitrogens is 1. The van der Waals surface area contributed by atoms with Crippen molar-refractivity contribution in [1.82, 2.24) is 10.4 Å². The first-order valence-electron chi connectivity index (χ1n) is 8.25. The van der Waals surface area contributed by atoms with E-state index >= 15 is 0 Å². The van der Waals surface area contributed by atoms with Gasteiger partial charge >= 0.3 is 0 Å². The minimum absolute atomic E-state index is 0.290. The smallest absolute Gasteiger partial charge is 0.267 e. The number of halogens is 2. The number of pyridine rings is 1. The minimum atomic E-state index is -0.290. The van der Waals surface area contributed by atoms with Crippen molar-refractivity contribution in [1.29, 1.82) is 0 Å². The molecular formula is C20H17Cl2N3O. The van der Waals surface area contributed by atoms with Crippen molar-refractivity contribution in [2.24, 2.45) is 5.10 Å². The van der Waals surface area contributed by atoms with Crippen molar-refractivity contribution in [3.05, 3.63) is 75.4 Å². The standard InChI is InChI=1S/C20H17Cl2N3O/c1-2-5-15-11-17(16-6-3-4-7-19(16)24-15)20(26)25-23-12-13-8-9-14(21)10-18(13)22/h3-4,6-12H,2,5H2,1H3,(H,25,26)/b23-12+. The Kier molecular flexibility index (Phi) is 5.86. The fourth-order valence-electron chi connectivity index (χ4n) is 2.63. The Balaban J connectivity index is 1.86. The number of hydrogen-bond acceptors (Lipinski definition) is 3. The molecule has 0 atom stereocenters. The van der Waals surface area contributed by atoms with Crippen LogP contribution in [0.15, 0.2) is 53.6 Å². The van der Waals surface area contributed by atoms with Gasteiger partial charge in [-0.1, -0.05) is 60.8 Å². The molecule has 0 saturated carbocycles. The average molecular weight is 386 g/mol. The third-order valence-electron chi connectivity index (χ3n) is 3.85. The second-order valence-electron chi connectivity index (χ2n) is 5.79. The Morgan fingerprint density at radius 3 is 2.77 bits per heavy atom. The molecule has 132 valence electrons. The van der Waals surface area contributed by atoms with Crippen LogP contribution in [0, 0.1) is 0 Å². The highest BCUT2D eigenvalue weighted by atomic mass is 35.5. The van der Waals surface area contributed by atoms with Gasteiger partial charge in [-0.25, -0.2) is 5.43 Å². The van der Waals surface area contributed by atoms with Gasteiger partial charge in [-0.05, 0) is 30.7 Å². The SMILES string of the molecule is CCCc1cc(C(=O)N/N=C/c2ccc(Cl)cc2Cl)c2ccccc2n1. The van der Waals surface area contributed by atoms with Crippen LogP contribution in [0.3, 0.4) is 0 Å². The van der Waals surface area contributed by atoms with Crippen molar-refractivity contribution < 1.29 is 4.79 Å². The Morgan fingerprint density at radius 1 is 1.19 bits per heavy atom. The van der Waals surface area contributed by atoms with Crippen LogP contribution < -0.4 is 5.43 Å². The molecule has 0 unspecified atom stereocenters. The van der Waals surface area contributed by atoms with E-state index in [4.69, 9.17) is 23.2 Å². The first-order valence-corrected chi connectivity index (χ1v) is 9.01. The van der Waals surface area contributed by atoms with Gasteiger partial charge in [0, 0.05) is 21.7 Å². The zero-order valence-electron chi connectivity index (χ0n) is 14.2. The number of carbonyl (C=O) groups is 1. The molecule has 0 aliphatic carbocycles. The van der Waals surface area contributed by atoms with E-state index in [1.807, 2.05) is 30.3 Å². The lowest BCUT2D eigenvalue weighted by atomic mass is 10.1. The maximum absolute atomic E-state index is 12.6. The summed E-state index contributed by atoms with van der Waals surface area (Å²) in [5.74, 6) is -0.290. The van der Waals surface area contributed by atoms with E-state index in [1.165, 1.54) is 6.21 Å². The third kappa shape index (κ3) is 4.21. The molecule has 1 heterocycles. The van der Waals surface area contributed by atoms with E-state index in [2.05, 4.69) is 22.4 Å². The largest absolute Gasteiger partial charge is 0.272 e. The number of amides is 1. The van der Waals surface area contributed by atoms with Crippen molar-refractivity contribution >= 4 is 46.2 Å². The van der Waals surface area contributed by atoms with Gasteiger partial charge in [0.1, 0.15) is 0 Å². The third-order valence-corrected chi connectivity index (χ3v) is 4.41. The van der Waals surface area contributed by atoms with Crippen molar-refractivity contribution in [3.8, 4) is 0 Å². The number of benzene rings is 2. The second-order valence-corrected chi connectivity index (χ2v) is 6.64. The lowest BCUT2D eigenvalue weighted by Crippen LogP contribution is -2.18.